The van der Waals surface area contributed by atoms with Gasteiger partial charge in [0.2, 0.25) is 0 Å². The van der Waals surface area contributed by atoms with E-state index in [4.69, 9.17) is 5.11 Å². The topological polar surface area (TPSA) is 29.5 Å². The van der Waals surface area contributed by atoms with Crippen LogP contribution in [0.4, 0.5) is 8.78 Å². The van der Waals surface area contributed by atoms with E-state index in [2.05, 4.69) is 4.74 Å². The van der Waals surface area contributed by atoms with Gasteiger partial charge in [-0.05, 0) is 46.4 Å². The number of hydrogen-bond donors (Lipinski definition) is 1. The van der Waals surface area contributed by atoms with Crippen molar-refractivity contribution in [1.29, 1.82) is 0 Å². The number of benzene rings is 1. The van der Waals surface area contributed by atoms with Crippen molar-refractivity contribution < 1.29 is 18.6 Å². The Balaban J connectivity index is 2.94. The predicted molar refractivity (Wildman–Crippen MR) is 60.9 cm³/mol. The molecule has 1 aromatic carbocycles. The van der Waals surface area contributed by atoms with E-state index < -0.39 is 6.61 Å². The van der Waals surface area contributed by atoms with E-state index in [9.17, 15) is 8.78 Å². The highest BCUT2D eigenvalue weighted by atomic mass is 127. The molecule has 0 atom stereocenters. The van der Waals surface area contributed by atoms with Gasteiger partial charge in [0.05, 0.1) is 6.61 Å². The molecule has 0 aromatic heterocycles. The molecule has 0 aliphatic rings. The van der Waals surface area contributed by atoms with Crippen molar-refractivity contribution in [2.24, 2.45) is 0 Å². The van der Waals surface area contributed by atoms with Gasteiger partial charge in [0.1, 0.15) is 5.75 Å². The summed E-state index contributed by atoms with van der Waals surface area (Å²) in [5.74, 6) is 0.826. The molecule has 1 N–H and O–H groups in total. The summed E-state index contributed by atoms with van der Waals surface area (Å²) in [5, 5.41) is 8.92. The normalized spacial score (nSPS) is 11.1. The third-order valence-electron chi connectivity index (χ3n) is 1.83. The summed E-state index contributed by atoms with van der Waals surface area (Å²) in [7, 11) is 0. The van der Waals surface area contributed by atoms with Crippen molar-refractivity contribution in [3.8, 4) is 5.75 Å². The van der Waals surface area contributed by atoms with Crippen LogP contribution >= 0.6 is 22.6 Å². The van der Waals surface area contributed by atoms with Crippen LogP contribution in [0.3, 0.4) is 0 Å². The summed E-state index contributed by atoms with van der Waals surface area (Å²) in [6.07, 6.45) is 0. The number of ether oxygens (including phenoxy) is 1. The van der Waals surface area contributed by atoms with Crippen molar-refractivity contribution in [3.05, 3.63) is 33.3 Å². The van der Waals surface area contributed by atoms with Gasteiger partial charge in [0.15, 0.2) is 0 Å². The van der Waals surface area contributed by atoms with Crippen LogP contribution in [0.5, 0.6) is 5.75 Å². The van der Waals surface area contributed by atoms with Gasteiger partial charge in [-0.1, -0.05) is 6.92 Å². The van der Waals surface area contributed by atoms with E-state index in [0.29, 0.717) is 11.5 Å². The highest BCUT2D eigenvalue weighted by molar-refractivity contribution is 14.1. The second-order valence-electron chi connectivity index (χ2n) is 2.99. The molecule has 0 aliphatic carbocycles. The minimum atomic E-state index is -2.83. The van der Waals surface area contributed by atoms with Crippen LogP contribution in [0.25, 0.3) is 0 Å². The Hall–Kier alpha value is -0.430. The number of rotatable bonds is 4. The molecule has 1 rings (SSSR count). The molecular formula is C10H10F2IO2. The number of halogens is 3. The summed E-state index contributed by atoms with van der Waals surface area (Å²) in [6.45, 7) is -1.20. The maximum Gasteiger partial charge on any atom is 0.387 e. The molecular weight excluding hydrogens is 317 g/mol. The molecule has 0 bridgehead atoms. The fraction of sp³-hybridized carbons (Fsp3) is 0.300. The maximum atomic E-state index is 12.0. The average Bonchev–Trinajstić information content (AvgIpc) is 2.14. The predicted octanol–water partition coefficient (Wildman–Crippen LogP) is 2.83. The van der Waals surface area contributed by atoms with E-state index in [1.54, 1.807) is 13.0 Å². The molecule has 0 aliphatic heterocycles. The highest BCUT2D eigenvalue weighted by Crippen LogP contribution is 2.24. The van der Waals surface area contributed by atoms with Gasteiger partial charge in [-0.2, -0.15) is 8.78 Å². The first-order valence-electron chi connectivity index (χ1n) is 4.22. The molecule has 0 spiro atoms. The monoisotopic (exact) mass is 327 g/mol. The zero-order valence-corrected chi connectivity index (χ0v) is 10.2. The minimum Gasteiger partial charge on any atom is -0.435 e. The molecule has 83 valence electrons. The Morgan fingerprint density at radius 3 is 2.67 bits per heavy atom. The molecule has 0 amide bonds. The first kappa shape index (κ1) is 12.6. The smallest absolute Gasteiger partial charge is 0.387 e. The average molecular weight is 327 g/mol. The number of alkyl halides is 2. The molecule has 0 unspecified atom stereocenters. The summed E-state index contributed by atoms with van der Waals surface area (Å²) in [4.78, 5) is 0. The fourth-order valence-corrected chi connectivity index (χ4v) is 1.71. The Labute approximate surface area is 100 Å². The fourth-order valence-electron chi connectivity index (χ4n) is 1.07. The van der Waals surface area contributed by atoms with E-state index in [1.807, 2.05) is 22.6 Å². The lowest BCUT2D eigenvalue weighted by Crippen LogP contribution is -2.05. The van der Waals surface area contributed by atoms with Gasteiger partial charge in [-0.3, -0.25) is 0 Å². The highest BCUT2D eigenvalue weighted by Gasteiger charge is 2.10. The Kier molecular flexibility index (Phi) is 4.72. The van der Waals surface area contributed by atoms with Gasteiger partial charge < -0.3 is 9.84 Å². The summed E-state index contributed by atoms with van der Waals surface area (Å²) >= 11 is 2.01. The van der Waals surface area contributed by atoms with Crippen molar-refractivity contribution in [3.63, 3.8) is 0 Å². The van der Waals surface area contributed by atoms with Crippen molar-refractivity contribution in [1.82, 2.24) is 0 Å². The van der Waals surface area contributed by atoms with E-state index in [1.165, 1.54) is 12.1 Å². The molecule has 1 radical (unpaired) electrons. The van der Waals surface area contributed by atoms with E-state index in [0.717, 1.165) is 3.57 Å². The minimum absolute atomic E-state index is 0.103. The second kappa shape index (κ2) is 5.60. The first-order chi connectivity index (χ1) is 7.02. The number of aliphatic hydroxyl groups is 1. The van der Waals surface area contributed by atoms with E-state index in [-0.39, 0.29) is 12.4 Å². The van der Waals surface area contributed by atoms with Crippen LogP contribution in [0, 0.1) is 9.49 Å². The molecule has 0 fully saturated rings. The molecule has 1 aromatic rings. The SMILES string of the molecule is C[C](CO)c1cc(I)cc(OC(F)F)c1. The van der Waals surface area contributed by atoms with Crippen LogP contribution in [0.2, 0.25) is 0 Å². The molecule has 0 saturated carbocycles. The van der Waals surface area contributed by atoms with Gasteiger partial charge in [-0.25, -0.2) is 0 Å². The van der Waals surface area contributed by atoms with Crippen LogP contribution in [0.1, 0.15) is 12.5 Å². The van der Waals surface area contributed by atoms with Gasteiger partial charge >= 0.3 is 6.61 Å². The van der Waals surface area contributed by atoms with Crippen LogP contribution in [0.15, 0.2) is 18.2 Å². The van der Waals surface area contributed by atoms with Gasteiger partial charge in [0, 0.05) is 9.49 Å². The van der Waals surface area contributed by atoms with Crippen LogP contribution in [-0.2, 0) is 0 Å². The first-order valence-corrected chi connectivity index (χ1v) is 5.30. The molecule has 0 heterocycles. The lowest BCUT2D eigenvalue weighted by molar-refractivity contribution is -0.0499. The Morgan fingerprint density at radius 1 is 1.47 bits per heavy atom. The Morgan fingerprint density at radius 2 is 2.13 bits per heavy atom. The van der Waals surface area contributed by atoms with Crippen LogP contribution in [-0.4, -0.2) is 18.3 Å². The molecule has 2 nitrogen and oxygen atoms in total. The molecule has 15 heavy (non-hydrogen) atoms. The lowest BCUT2D eigenvalue weighted by atomic mass is 10.0. The largest absolute Gasteiger partial charge is 0.435 e. The van der Waals surface area contributed by atoms with E-state index >= 15 is 0 Å². The lowest BCUT2D eigenvalue weighted by Gasteiger charge is -2.11. The van der Waals surface area contributed by atoms with Gasteiger partial charge in [0.25, 0.3) is 0 Å². The number of aliphatic hydroxyl groups excluding tert-OH is 1. The standard InChI is InChI=1S/C10H10F2IO2/c1-6(5-14)7-2-8(13)4-9(3-7)15-10(11)12/h2-4,10,14H,5H2,1H3. The van der Waals surface area contributed by atoms with Gasteiger partial charge in [-0.15, -0.1) is 0 Å². The molecule has 5 heteroatoms. The van der Waals surface area contributed by atoms with Crippen LogP contribution < -0.4 is 4.74 Å². The summed E-state index contributed by atoms with van der Waals surface area (Å²) < 4.78 is 29.1. The van der Waals surface area contributed by atoms with Crippen molar-refractivity contribution in [2.75, 3.05) is 6.61 Å². The second-order valence-corrected chi connectivity index (χ2v) is 4.24. The van der Waals surface area contributed by atoms with Crippen molar-refractivity contribution >= 4 is 22.6 Å². The third-order valence-corrected chi connectivity index (χ3v) is 2.45. The zero-order chi connectivity index (χ0) is 11.4. The summed E-state index contributed by atoms with van der Waals surface area (Å²) in [6, 6.07) is 4.80. The summed E-state index contributed by atoms with van der Waals surface area (Å²) in [5.41, 5.74) is 0.708. The quantitative estimate of drug-likeness (QED) is 0.862. The molecule has 0 saturated heterocycles. The maximum absolute atomic E-state index is 12.0. The number of hydrogen-bond acceptors (Lipinski definition) is 2. The third kappa shape index (κ3) is 3.90. The zero-order valence-electron chi connectivity index (χ0n) is 8.01. The Bertz CT molecular complexity index is 331. The van der Waals surface area contributed by atoms with Crippen molar-refractivity contribution in [2.45, 2.75) is 13.5 Å².